The van der Waals surface area contributed by atoms with Gasteiger partial charge in [-0.05, 0) is 81.0 Å². The minimum Gasteiger partial charge on any atom is -0.491 e. The molecule has 4 nitrogen and oxygen atoms in total. The van der Waals surface area contributed by atoms with Gasteiger partial charge in [0.2, 0.25) is 0 Å². The molecule has 0 unspecified atom stereocenters. The number of rotatable bonds is 8. The van der Waals surface area contributed by atoms with Gasteiger partial charge in [-0.3, -0.25) is 4.79 Å². The van der Waals surface area contributed by atoms with Crippen LogP contribution < -0.4 is 14.8 Å². The topological polar surface area (TPSA) is 47.6 Å². The van der Waals surface area contributed by atoms with Crippen LogP contribution in [-0.2, 0) is 4.79 Å². The maximum absolute atomic E-state index is 12.5. The zero-order valence-electron chi connectivity index (χ0n) is 18.1. The fourth-order valence-electron chi connectivity index (χ4n) is 2.89. The third kappa shape index (κ3) is 6.01. The SMILES string of the molecule is Cc1ccc(C(C)C)c(O[C@@H](C)C(=O)N[C@H](C)COc2ccc(C)c(C)c2)c1. The molecule has 0 heterocycles. The van der Waals surface area contributed by atoms with E-state index in [1.165, 1.54) is 11.1 Å². The largest absolute Gasteiger partial charge is 0.491 e. The van der Waals surface area contributed by atoms with Crippen molar-refractivity contribution in [1.29, 1.82) is 0 Å². The molecule has 2 rings (SSSR count). The lowest BCUT2D eigenvalue weighted by atomic mass is 10.0. The van der Waals surface area contributed by atoms with Gasteiger partial charge in [-0.15, -0.1) is 0 Å². The van der Waals surface area contributed by atoms with E-state index < -0.39 is 6.10 Å². The van der Waals surface area contributed by atoms with E-state index in [2.05, 4.69) is 45.1 Å². The minimum absolute atomic E-state index is 0.123. The van der Waals surface area contributed by atoms with E-state index in [-0.39, 0.29) is 11.9 Å². The summed E-state index contributed by atoms with van der Waals surface area (Å²) in [5, 5.41) is 2.97. The predicted molar refractivity (Wildman–Crippen MR) is 114 cm³/mol. The Balaban J connectivity index is 1.91. The lowest BCUT2D eigenvalue weighted by Gasteiger charge is -2.21. The van der Waals surface area contributed by atoms with Crippen LogP contribution in [-0.4, -0.2) is 24.7 Å². The molecule has 2 aromatic rings. The Morgan fingerprint density at radius 3 is 2.32 bits per heavy atom. The third-order valence-corrected chi connectivity index (χ3v) is 4.83. The Hall–Kier alpha value is -2.49. The van der Waals surface area contributed by atoms with Crippen molar-refractivity contribution in [2.45, 2.75) is 66.5 Å². The molecule has 0 aliphatic heterocycles. The number of nitrogens with one attached hydrogen (secondary N) is 1. The summed E-state index contributed by atoms with van der Waals surface area (Å²) in [6.45, 7) is 14.5. The van der Waals surface area contributed by atoms with Crippen LogP contribution in [0.1, 0.15) is 55.9 Å². The van der Waals surface area contributed by atoms with Crippen LogP contribution in [0.5, 0.6) is 11.5 Å². The molecule has 0 bridgehead atoms. The van der Waals surface area contributed by atoms with E-state index in [0.29, 0.717) is 12.5 Å². The number of aryl methyl sites for hydroxylation is 3. The van der Waals surface area contributed by atoms with Crippen LogP contribution in [0.2, 0.25) is 0 Å². The second-order valence-corrected chi connectivity index (χ2v) is 7.92. The third-order valence-electron chi connectivity index (χ3n) is 4.83. The molecule has 152 valence electrons. The maximum atomic E-state index is 12.5. The first kappa shape index (κ1) is 21.8. The zero-order chi connectivity index (χ0) is 20.8. The number of carbonyl (C=O) groups is 1. The van der Waals surface area contributed by atoms with E-state index in [4.69, 9.17) is 9.47 Å². The molecule has 0 radical (unpaired) electrons. The summed E-state index contributed by atoms with van der Waals surface area (Å²) in [7, 11) is 0. The van der Waals surface area contributed by atoms with Gasteiger partial charge >= 0.3 is 0 Å². The van der Waals surface area contributed by atoms with E-state index in [1.54, 1.807) is 6.92 Å². The molecule has 0 spiro atoms. The van der Waals surface area contributed by atoms with Gasteiger partial charge in [-0.25, -0.2) is 0 Å². The van der Waals surface area contributed by atoms with Crippen LogP contribution >= 0.6 is 0 Å². The van der Waals surface area contributed by atoms with Crippen LogP contribution in [0.3, 0.4) is 0 Å². The predicted octanol–water partition coefficient (Wildman–Crippen LogP) is 5.09. The second kappa shape index (κ2) is 9.63. The average molecular weight is 384 g/mol. The fourth-order valence-corrected chi connectivity index (χ4v) is 2.89. The Labute approximate surface area is 169 Å². The standard InChI is InChI=1S/C24H33NO3/c1-15(2)22-11-8-16(3)12-23(22)28-20(7)24(26)25-19(6)14-27-21-10-9-17(4)18(5)13-21/h8-13,15,19-20H,14H2,1-7H3,(H,25,26)/t19-,20+/m1/s1. The Morgan fingerprint density at radius 1 is 0.964 bits per heavy atom. The van der Waals surface area contributed by atoms with Crippen molar-refractivity contribution in [1.82, 2.24) is 5.32 Å². The molecule has 28 heavy (non-hydrogen) atoms. The lowest BCUT2D eigenvalue weighted by Crippen LogP contribution is -2.43. The van der Waals surface area contributed by atoms with Gasteiger partial charge in [0.15, 0.2) is 6.10 Å². The first-order chi connectivity index (χ1) is 13.2. The van der Waals surface area contributed by atoms with Crippen molar-refractivity contribution in [3.05, 3.63) is 58.7 Å². The lowest BCUT2D eigenvalue weighted by molar-refractivity contribution is -0.128. The molecular formula is C24H33NO3. The average Bonchev–Trinajstić information content (AvgIpc) is 2.62. The molecule has 0 aliphatic carbocycles. The van der Waals surface area contributed by atoms with Crippen LogP contribution in [0.15, 0.2) is 36.4 Å². The van der Waals surface area contributed by atoms with E-state index in [0.717, 1.165) is 22.6 Å². The number of ether oxygens (including phenoxy) is 2. The van der Waals surface area contributed by atoms with Crippen molar-refractivity contribution in [2.24, 2.45) is 0 Å². The molecule has 1 N–H and O–H groups in total. The highest BCUT2D eigenvalue weighted by Gasteiger charge is 2.19. The molecule has 2 aromatic carbocycles. The number of hydrogen-bond donors (Lipinski definition) is 1. The summed E-state index contributed by atoms with van der Waals surface area (Å²) in [4.78, 5) is 12.5. The van der Waals surface area contributed by atoms with E-state index in [9.17, 15) is 4.79 Å². The van der Waals surface area contributed by atoms with Gasteiger partial charge in [0.1, 0.15) is 18.1 Å². The van der Waals surface area contributed by atoms with Gasteiger partial charge in [-0.1, -0.05) is 32.0 Å². The Kier molecular flexibility index (Phi) is 7.50. The highest BCUT2D eigenvalue weighted by atomic mass is 16.5. The maximum Gasteiger partial charge on any atom is 0.261 e. The normalized spacial score (nSPS) is 13.1. The summed E-state index contributed by atoms with van der Waals surface area (Å²) in [6, 6.07) is 12.0. The zero-order valence-corrected chi connectivity index (χ0v) is 18.1. The molecular weight excluding hydrogens is 350 g/mol. The highest BCUT2D eigenvalue weighted by Crippen LogP contribution is 2.28. The molecule has 0 aliphatic rings. The first-order valence-corrected chi connectivity index (χ1v) is 9.95. The van der Waals surface area contributed by atoms with Crippen molar-refractivity contribution in [2.75, 3.05) is 6.61 Å². The summed E-state index contributed by atoms with van der Waals surface area (Å²) >= 11 is 0. The number of benzene rings is 2. The highest BCUT2D eigenvalue weighted by molar-refractivity contribution is 5.81. The van der Waals surface area contributed by atoms with Crippen molar-refractivity contribution in [3.8, 4) is 11.5 Å². The summed E-state index contributed by atoms with van der Waals surface area (Å²) in [5.74, 6) is 1.77. The number of hydrogen-bond acceptors (Lipinski definition) is 3. The Morgan fingerprint density at radius 2 is 1.68 bits per heavy atom. The Bertz CT molecular complexity index is 813. The molecule has 0 saturated heterocycles. The smallest absolute Gasteiger partial charge is 0.261 e. The molecule has 4 heteroatoms. The van der Waals surface area contributed by atoms with Crippen molar-refractivity contribution in [3.63, 3.8) is 0 Å². The van der Waals surface area contributed by atoms with E-state index in [1.807, 2.05) is 38.1 Å². The van der Waals surface area contributed by atoms with Crippen LogP contribution in [0, 0.1) is 20.8 Å². The summed E-state index contributed by atoms with van der Waals surface area (Å²) in [5.41, 5.74) is 4.64. The molecule has 0 saturated carbocycles. The quantitative estimate of drug-likeness (QED) is 0.691. The van der Waals surface area contributed by atoms with Crippen molar-refractivity contribution < 1.29 is 14.3 Å². The summed E-state index contributed by atoms with van der Waals surface area (Å²) < 4.78 is 11.8. The van der Waals surface area contributed by atoms with E-state index >= 15 is 0 Å². The fraction of sp³-hybridized carbons (Fsp3) is 0.458. The summed E-state index contributed by atoms with van der Waals surface area (Å²) in [6.07, 6.45) is -0.580. The molecule has 0 fully saturated rings. The van der Waals surface area contributed by atoms with Gasteiger partial charge in [-0.2, -0.15) is 0 Å². The first-order valence-electron chi connectivity index (χ1n) is 9.95. The molecule has 0 aromatic heterocycles. The number of carbonyl (C=O) groups excluding carboxylic acids is 1. The van der Waals surface area contributed by atoms with Crippen LogP contribution in [0.4, 0.5) is 0 Å². The molecule has 1 amide bonds. The van der Waals surface area contributed by atoms with Crippen molar-refractivity contribution >= 4 is 5.91 Å². The molecule has 2 atom stereocenters. The van der Waals surface area contributed by atoms with Crippen LogP contribution in [0.25, 0.3) is 0 Å². The second-order valence-electron chi connectivity index (χ2n) is 7.92. The van der Waals surface area contributed by atoms with Gasteiger partial charge < -0.3 is 14.8 Å². The van der Waals surface area contributed by atoms with Gasteiger partial charge in [0, 0.05) is 0 Å². The number of amides is 1. The van der Waals surface area contributed by atoms with Gasteiger partial charge in [0.25, 0.3) is 5.91 Å². The van der Waals surface area contributed by atoms with Gasteiger partial charge in [0.05, 0.1) is 6.04 Å². The monoisotopic (exact) mass is 383 g/mol. The minimum atomic E-state index is -0.580.